The van der Waals surface area contributed by atoms with E-state index in [1.807, 2.05) is 60.7 Å². The van der Waals surface area contributed by atoms with Crippen molar-refractivity contribution in [1.29, 1.82) is 0 Å². The summed E-state index contributed by atoms with van der Waals surface area (Å²) in [5.74, 6) is 1.42. The monoisotopic (exact) mass is 560 g/mol. The number of benzene rings is 5. The summed E-state index contributed by atoms with van der Waals surface area (Å²) in [5, 5.41) is 0. The molecule has 0 spiro atoms. The summed E-state index contributed by atoms with van der Waals surface area (Å²) in [6.07, 6.45) is 0. The number of hydrogen-bond donors (Lipinski definition) is 0. The molecule has 0 fully saturated rings. The first kappa shape index (κ1) is 19.4. The molecule has 0 saturated heterocycles. The van der Waals surface area contributed by atoms with Crippen LogP contribution in [0.4, 0.5) is 34.1 Å². The molecule has 0 saturated carbocycles. The summed E-state index contributed by atoms with van der Waals surface area (Å²) in [7, 11) is 0. The fourth-order valence-corrected chi connectivity index (χ4v) is 15.9. The molecule has 5 aromatic carbocycles. The van der Waals surface area contributed by atoms with Crippen LogP contribution in [-0.4, -0.2) is 18.8 Å². The zero-order valence-electron chi connectivity index (χ0n) is 18.6. The second-order valence-electron chi connectivity index (χ2n) is 8.95. The molecular weight excluding hydrogens is 542 g/mol. The summed E-state index contributed by atoms with van der Waals surface area (Å²) in [6, 6.07) is 39.0. The Bertz CT molecular complexity index is 1600. The number of ether oxygens (including phenoxy) is 1. The fourth-order valence-electron chi connectivity index (χ4n) is 5.81. The molecule has 0 radical (unpaired) electrons. The van der Waals surface area contributed by atoms with Gasteiger partial charge in [-0.2, -0.15) is 0 Å². The van der Waals surface area contributed by atoms with Crippen LogP contribution in [0.15, 0.2) is 115 Å². The van der Waals surface area contributed by atoms with Crippen LogP contribution in [0.2, 0.25) is 0 Å². The first-order valence-electron chi connectivity index (χ1n) is 11.7. The van der Waals surface area contributed by atoms with Crippen molar-refractivity contribution in [2.24, 2.45) is 0 Å². The van der Waals surface area contributed by atoms with Crippen LogP contribution in [-0.2, 0) is 3.02 Å². The first-order chi connectivity index (χ1) is 17.3. The van der Waals surface area contributed by atoms with Gasteiger partial charge in [0.25, 0.3) is 0 Å². The number of rotatable bonds is 2. The van der Waals surface area contributed by atoms with E-state index in [0.717, 1.165) is 44.7 Å². The third kappa shape index (κ3) is 2.38. The molecule has 35 heavy (non-hydrogen) atoms. The van der Waals surface area contributed by atoms with E-state index in [4.69, 9.17) is 4.74 Å². The molecule has 0 amide bonds. The Morgan fingerprint density at radius 2 is 0.857 bits per heavy atom. The molecule has 0 atom stereocenters. The zero-order chi connectivity index (χ0) is 23.1. The van der Waals surface area contributed by atoms with E-state index >= 15 is 3.02 Å². The number of nitrogens with zero attached hydrogens (tertiary/aromatic N) is 2. The first-order valence-corrected chi connectivity index (χ1v) is 16.5. The van der Waals surface area contributed by atoms with Crippen molar-refractivity contribution >= 4 is 63.4 Å². The van der Waals surface area contributed by atoms with Crippen molar-refractivity contribution in [3.63, 3.8) is 0 Å². The standard InChI is InChI=1S/C30H19N2O.O.Sb/c1-3-10-23(11-4-1)31-25-14-7-15-26(20-25)32(24-12-5-2-6-13-24)28-17-9-19-30(22-28)33-29-18-8-16-27(31)21-29;;/h1-19H;;. The van der Waals surface area contributed by atoms with Gasteiger partial charge in [-0.1, -0.05) is 0 Å². The van der Waals surface area contributed by atoms with E-state index < -0.39 is 18.8 Å². The molecule has 5 aromatic rings. The normalized spacial score (nSPS) is 15.3. The Kier molecular flexibility index (Phi) is 3.79. The van der Waals surface area contributed by atoms with E-state index in [-0.39, 0.29) is 0 Å². The van der Waals surface area contributed by atoms with Crippen molar-refractivity contribution in [1.82, 2.24) is 0 Å². The van der Waals surface area contributed by atoms with Gasteiger partial charge in [0.05, 0.1) is 0 Å². The van der Waals surface area contributed by atoms with Crippen molar-refractivity contribution in [2.45, 2.75) is 0 Å². The van der Waals surface area contributed by atoms with Crippen LogP contribution in [0.1, 0.15) is 0 Å². The third-order valence-corrected chi connectivity index (χ3v) is 16.4. The average Bonchev–Trinajstić information content (AvgIpc) is 2.90. The number of anilines is 6. The second-order valence-corrected chi connectivity index (χ2v) is 16.3. The van der Waals surface area contributed by atoms with Gasteiger partial charge in [0.1, 0.15) is 0 Å². The second kappa shape index (κ2) is 6.84. The summed E-state index contributed by atoms with van der Waals surface area (Å²) < 4.78 is 24.9. The van der Waals surface area contributed by atoms with Crippen LogP contribution in [0.25, 0.3) is 0 Å². The molecule has 166 valence electrons. The maximum atomic E-state index is 15.7. The van der Waals surface area contributed by atoms with Gasteiger partial charge < -0.3 is 0 Å². The van der Waals surface area contributed by atoms with E-state index in [2.05, 4.69) is 64.4 Å². The van der Waals surface area contributed by atoms with Gasteiger partial charge in [0.15, 0.2) is 0 Å². The van der Waals surface area contributed by atoms with Gasteiger partial charge in [-0.3, -0.25) is 0 Å². The fraction of sp³-hybridized carbons (Fsp3) is 0. The summed E-state index contributed by atoms with van der Waals surface area (Å²) in [5.41, 5.74) is 5.96. The molecule has 0 bridgehead atoms. The Balaban J connectivity index is 1.56. The summed E-state index contributed by atoms with van der Waals surface area (Å²) >= 11 is -4.51. The van der Waals surface area contributed by atoms with Gasteiger partial charge >= 0.3 is 208 Å². The average molecular weight is 561 g/mol. The minimum absolute atomic E-state index is 0.711. The van der Waals surface area contributed by atoms with E-state index in [9.17, 15) is 0 Å². The Labute approximate surface area is 207 Å². The SMILES string of the molecule is [O]=[Sb]12[c]3c4cccc3N(c3ccccc3)c3cccc([c]31)N(c1ccccc1)c1cccc([c]12)O4. The van der Waals surface area contributed by atoms with Gasteiger partial charge in [0, 0.05) is 0 Å². The topological polar surface area (TPSA) is 32.8 Å². The molecule has 0 unspecified atom stereocenters. The molecule has 8 rings (SSSR count). The van der Waals surface area contributed by atoms with Crippen LogP contribution < -0.4 is 25.1 Å². The molecule has 4 nitrogen and oxygen atoms in total. The molecule has 0 N–H and O–H groups in total. The van der Waals surface area contributed by atoms with E-state index in [1.165, 1.54) is 0 Å². The summed E-state index contributed by atoms with van der Waals surface area (Å²) in [4.78, 5) is 4.49. The molecule has 3 heterocycles. The van der Waals surface area contributed by atoms with Crippen LogP contribution in [0, 0.1) is 0 Å². The summed E-state index contributed by atoms with van der Waals surface area (Å²) in [6.45, 7) is 0. The molecule has 0 aromatic heterocycles. The molecule has 0 aliphatic carbocycles. The van der Waals surface area contributed by atoms with Gasteiger partial charge in [0.2, 0.25) is 0 Å². The Morgan fingerprint density at radius 3 is 1.31 bits per heavy atom. The predicted molar refractivity (Wildman–Crippen MR) is 141 cm³/mol. The molecule has 5 heteroatoms. The van der Waals surface area contributed by atoms with Crippen molar-refractivity contribution < 1.29 is 7.75 Å². The Morgan fingerprint density at radius 1 is 0.457 bits per heavy atom. The molecule has 3 aliphatic heterocycles. The predicted octanol–water partition coefficient (Wildman–Crippen LogP) is 5.76. The third-order valence-electron chi connectivity index (χ3n) is 7.11. The number of hydrogen-bond acceptors (Lipinski definition) is 4. The van der Waals surface area contributed by atoms with Gasteiger partial charge in [-0.15, -0.1) is 0 Å². The maximum absolute atomic E-state index is 15.7. The van der Waals surface area contributed by atoms with Crippen molar-refractivity contribution in [3.05, 3.63) is 115 Å². The zero-order valence-corrected chi connectivity index (χ0v) is 21.2. The Hall–Kier alpha value is -3.88. The van der Waals surface area contributed by atoms with Crippen molar-refractivity contribution in [3.8, 4) is 11.5 Å². The van der Waals surface area contributed by atoms with E-state index in [1.54, 1.807) is 0 Å². The molecular formula is C30H19N2O2Sb. The van der Waals surface area contributed by atoms with Crippen LogP contribution in [0.3, 0.4) is 0 Å². The van der Waals surface area contributed by atoms with E-state index in [0.29, 0.717) is 11.5 Å². The minimum atomic E-state index is -4.51. The van der Waals surface area contributed by atoms with Crippen molar-refractivity contribution in [2.75, 3.05) is 9.80 Å². The van der Waals surface area contributed by atoms with Crippen LogP contribution in [0.5, 0.6) is 11.5 Å². The van der Waals surface area contributed by atoms with Gasteiger partial charge in [-0.05, 0) is 0 Å². The quantitative estimate of drug-likeness (QED) is 0.252. The molecule has 3 aliphatic rings. The van der Waals surface area contributed by atoms with Crippen LogP contribution >= 0.6 is 0 Å². The number of para-hydroxylation sites is 2. The van der Waals surface area contributed by atoms with Gasteiger partial charge in [-0.25, -0.2) is 0 Å².